The summed E-state index contributed by atoms with van der Waals surface area (Å²) in [6.45, 7) is 3.67. The molecule has 2 rings (SSSR count). The van der Waals surface area contributed by atoms with E-state index in [1.165, 1.54) is 6.07 Å². The molecule has 0 radical (unpaired) electrons. The van der Waals surface area contributed by atoms with Gasteiger partial charge in [0.05, 0.1) is 17.1 Å². The molecular formula is C15H22N2O4. The molecule has 1 aromatic rings. The molecule has 0 saturated heterocycles. The fraction of sp³-hybridized carbons (Fsp3) is 0.600. The Balaban J connectivity index is 2.11. The van der Waals surface area contributed by atoms with Crippen molar-refractivity contribution in [2.45, 2.75) is 57.8 Å². The molecule has 2 N–H and O–H groups in total. The molecule has 0 amide bonds. The highest BCUT2D eigenvalue weighted by Gasteiger charge is 2.22. The topological polar surface area (TPSA) is 87.6 Å². The van der Waals surface area contributed by atoms with E-state index in [-0.39, 0.29) is 29.7 Å². The van der Waals surface area contributed by atoms with E-state index in [4.69, 9.17) is 15.2 Å². The van der Waals surface area contributed by atoms with Crippen molar-refractivity contribution in [2.75, 3.05) is 0 Å². The van der Waals surface area contributed by atoms with Gasteiger partial charge in [-0.05, 0) is 45.6 Å². The van der Waals surface area contributed by atoms with E-state index in [1.807, 2.05) is 13.8 Å². The Morgan fingerprint density at radius 1 is 1.29 bits per heavy atom. The fourth-order valence-electron chi connectivity index (χ4n) is 2.47. The summed E-state index contributed by atoms with van der Waals surface area (Å²) in [6, 6.07) is 4.93. The SMILES string of the molecule is CC(C)Oc1cc(OC2CCC(N)CC2)ccc1[N+](=O)[O-]. The van der Waals surface area contributed by atoms with Crippen LogP contribution in [-0.2, 0) is 0 Å². The third-order valence-electron chi connectivity index (χ3n) is 3.51. The summed E-state index contributed by atoms with van der Waals surface area (Å²) in [5.41, 5.74) is 5.83. The Morgan fingerprint density at radius 2 is 1.95 bits per heavy atom. The molecule has 1 saturated carbocycles. The second-order valence-corrected chi connectivity index (χ2v) is 5.71. The lowest BCUT2D eigenvalue weighted by Crippen LogP contribution is -2.31. The number of nitro groups is 1. The Hall–Kier alpha value is -1.82. The van der Waals surface area contributed by atoms with Gasteiger partial charge in [0.15, 0.2) is 0 Å². The summed E-state index contributed by atoms with van der Waals surface area (Å²) in [5.74, 6) is 0.858. The summed E-state index contributed by atoms with van der Waals surface area (Å²) >= 11 is 0. The van der Waals surface area contributed by atoms with Gasteiger partial charge in [0, 0.05) is 18.2 Å². The van der Waals surface area contributed by atoms with Crippen molar-refractivity contribution in [3.05, 3.63) is 28.3 Å². The van der Waals surface area contributed by atoms with Gasteiger partial charge in [0.2, 0.25) is 5.75 Å². The number of nitrogens with two attached hydrogens (primary N) is 1. The normalized spacial score (nSPS) is 22.1. The van der Waals surface area contributed by atoms with E-state index >= 15 is 0 Å². The molecule has 1 fully saturated rings. The molecule has 1 aromatic carbocycles. The highest BCUT2D eigenvalue weighted by atomic mass is 16.6. The second-order valence-electron chi connectivity index (χ2n) is 5.71. The number of rotatable bonds is 5. The lowest BCUT2D eigenvalue weighted by Gasteiger charge is -2.26. The molecule has 21 heavy (non-hydrogen) atoms. The maximum absolute atomic E-state index is 11.0. The van der Waals surface area contributed by atoms with Crippen molar-refractivity contribution in [3.63, 3.8) is 0 Å². The second kappa shape index (κ2) is 6.76. The zero-order chi connectivity index (χ0) is 15.4. The summed E-state index contributed by atoms with van der Waals surface area (Å²) in [5, 5.41) is 11.0. The van der Waals surface area contributed by atoms with Gasteiger partial charge in [0.25, 0.3) is 0 Å². The molecule has 0 aromatic heterocycles. The maximum Gasteiger partial charge on any atom is 0.311 e. The van der Waals surface area contributed by atoms with Crippen LogP contribution in [0.5, 0.6) is 11.5 Å². The maximum atomic E-state index is 11.0. The third-order valence-corrected chi connectivity index (χ3v) is 3.51. The highest BCUT2D eigenvalue weighted by molar-refractivity contribution is 5.50. The molecule has 6 nitrogen and oxygen atoms in total. The minimum Gasteiger partial charge on any atom is -0.490 e. The molecule has 1 aliphatic rings. The minimum atomic E-state index is -0.443. The predicted octanol–water partition coefficient (Wildman–Crippen LogP) is 3.03. The van der Waals surface area contributed by atoms with Crippen LogP contribution in [0.2, 0.25) is 0 Å². The lowest BCUT2D eigenvalue weighted by atomic mass is 9.94. The van der Waals surface area contributed by atoms with Gasteiger partial charge in [-0.3, -0.25) is 10.1 Å². The van der Waals surface area contributed by atoms with E-state index in [0.29, 0.717) is 5.75 Å². The smallest absolute Gasteiger partial charge is 0.311 e. The van der Waals surface area contributed by atoms with E-state index in [0.717, 1.165) is 25.7 Å². The summed E-state index contributed by atoms with van der Waals surface area (Å²) in [4.78, 5) is 10.6. The molecule has 1 aliphatic carbocycles. The number of benzene rings is 1. The van der Waals surface area contributed by atoms with Crippen LogP contribution in [0.25, 0.3) is 0 Å². The van der Waals surface area contributed by atoms with Crippen LogP contribution in [0.3, 0.4) is 0 Å². The van der Waals surface area contributed by atoms with Crippen molar-refractivity contribution >= 4 is 5.69 Å². The first-order valence-electron chi connectivity index (χ1n) is 7.33. The molecule has 0 spiro atoms. The van der Waals surface area contributed by atoms with Gasteiger partial charge in [0.1, 0.15) is 5.75 Å². The molecule has 0 aliphatic heterocycles. The number of nitrogens with zero attached hydrogens (tertiary/aromatic N) is 1. The van der Waals surface area contributed by atoms with Crippen molar-refractivity contribution < 1.29 is 14.4 Å². The Bertz CT molecular complexity index is 496. The Kier molecular flexibility index (Phi) is 5.01. The third kappa shape index (κ3) is 4.32. The van der Waals surface area contributed by atoms with Crippen molar-refractivity contribution in [1.29, 1.82) is 0 Å². The number of hydrogen-bond acceptors (Lipinski definition) is 5. The highest BCUT2D eigenvalue weighted by Crippen LogP contribution is 2.33. The monoisotopic (exact) mass is 294 g/mol. The quantitative estimate of drug-likeness (QED) is 0.666. The number of ether oxygens (including phenoxy) is 2. The molecule has 0 unspecified atom stereocenters. The Labute approximate surface area is 124 Å². The lowest BCUT2D eigenvalue weighted by molar-refractivity contribution is -0.386. The molecule has 6 heteroatoms. The van der Waals surface area contributed by atoms with Gasteiger partial charge in [-0.15, -0.1) is 0 Å². The average molecular weight is 294 g/mol. The van der Waals surface area contributed by atoms with E-state index in [9.17, 15) is 10.1 Å². The standard InChI is InChI=1S/C15H22N2O4/c1-10(2)20-15-9-13(7-8-14(15)17(18)19)21-12-5-3-11(16)4-6-12/h7-12H,3-6,16H2,1-2H3. The Morgan fingerprint density at radius 3 is 2.52 bits per heavy atom. The average Bonchev–Trinajstić information content (AvgIpc) is 2.40. The molecule has 0 atom stereocenters. The zero-order valence-corrected chi connectivity index (χ0v) is 12.5. The van der Waals surface area contributed by atoms with E-state index in [1.54, 1.807) is 12.1 Å². The van der Waals surface area contributed by atoms with Crippen LogP contribution in [0.1, 0.15) is 39.5 Å². The molecule has 116 valence electrons. The number of hydrogen-bond donors (Lipinski definition) is 1. The van der Waals surface area contributed by atoms with E-state index in [2.05, 4.69) is 0 Å². The first-order chi connectivity index (χ1) is 9.95. The fourth-order valence-corrected chi connectivity index (χ4v) is 2.47. The van der Waals surface area contributed by atoms with Gasteiger partial charge in [-0.2, -0.15) is 0 Å². The van der Waals surface area contributed by atoms with Crippen LogP contribution in [-0.4, -0.2) is 23.2 Å². The molecular weight excluding hydrogens is 272 g/mol. The largest absolute Gasteiger partial charge is 0.490 e. The first-order valence-corrected chi connectivity index (χ1v) is 7.33. The number of nitro benzene ring substituents is 1. The summed E-state index contributed by atoms with van der Waals surface area (Å²) < 4.78 is 11.4. The van der Waals surface area contributed by atoms with Crippen molar-refractivity contribution in [3.8, 4) is 11.5 Å². The van der Waals surface area contributed by atoms with E-state index < -0.39 is 4.92 Å². The zero-order valence-electron chi connectivity index (χ0n) is 12.5. The van der Waals surface area contributed by atoms with Crippen LogP contribution in [0.4, 0.5) is 5.69 Å². The van der Waals surface area contributed by atoms with Gasteiger partial charge in [-0.1, -0.05) is 0 Å². The van der Waals surface area contributed by atoms with Crippen LogP contribution in [0.15, 0.2) is 18.2 Å². The molecule has 0 heterocycles. The summed E-state index contributed by atoms with van der Waals surface area (Å²) in [7, 11) is 0. The molecule has 0 bridgehead atoms. The minimum absolute atomic E-state index is 0.0401. The van der Waals surface area contributed by atoms with Crippen LogP contribution in [0, 0.1) is 10.1 Å². The van der Waals surface area contributed by atoms with Crippen molar-refractivity contribution in [2.24, 2.45) is 5.73 Å². The van der Waals surface area contributed by atoms with Gasteiger partial charge in [-0.25, -0.2) is 0 Å². The summed E-state index contributed by atoms with van der Waals surface area (Å²) in [6.07, 6.45) is 3.72. The first kappa shape index (κ1) is 15.6. The van der Waals surface area contributed by atoms with Crippen LogP contribution >= 0.6 is 0 Å². The van der Waals surface area contributed by atoms with Gasteiger partial charge < -0.3 is 15.2 Å². The predicted molar refractivity (Wildman–Crippen MR) is 79.7 cm³/mol. The van der Waals surface area contributed by atoms with Crippen molar-refractivity contribution in [1.82, 2.24) is 0 Å². The van der Waals surface area contributed by atoms with Crippen LogP contribution < -0.4 is 15.2 Å². The van der Waals surface area contributed by atoms with Gasteiger partial charge >= 0.3 is 5.69 Å².